The molecule has 6 heteroatoms. The molecule has 1 atom stereocenters. The summed E-state index contributed by atoms with van der Waals surface area (Å²) in [6.07, 6.45) is 1.33. The van der Waals surface area contributed by atoms with Crippen molar-refractivity contribution in [1.82, 2.24) is 9.78 Å². The fraction of sp³-hybridized carbons (Fsp3) is 0.0909. The van der Waals surface area contributed by atoms with Gasteiger partial charge < -0.3 is 5.73 Å². The molecule has 0 spiro atoms. The van der Waals surface area contributed by atoms with Crippen LogP contribution in [0.2, 0.25) is 0 Å². The summed E-state index contributed by atoms with van der Waals surface area (Å²) in [5, 5.41) is 3.93. The van der Waals surface area contributed by atoms with Crippen LogP contribution in [0.15, 0.2) is 24.4 Å². The van der Waals surface area contributed by atoms with E-state index in [0.29, 0.717) is 5.56 Å². The summed E-state index contributed by atoms with van der Waals surface area (Å²) in [6.45, 7) is 1.65. The zero-order valence-electron chi connectivity index (χ0n) is 9.14. The lowest BCUT2D eigenvalue weighted by atomic mass is 10.2. The van der Waals surface area contributed by atoms with E-state index in [1.165, 1.54) is 10.9 Å². The van der Waals surface area contributed by atoms with Crippen molar-refractivity contribution < 1.29 is 9.18 Å². The highest BCUT2D eigenvalue weighted by Gasteiger charge is 2.15. The second kappa shape index (κ2) is 4.26. The number of nitrogens with zero attached hydrogens (tertiary/aromatic N) is 2. The molecule has 2 N–H and O–H groups in total. The van der Waals surface area contributed by atoms with Crippen LogP contribution >= 0.6 is 9.24 Å². The molecule has 0 amide bonds. The highest BCUT2D eigenvalue weighted by Crippen LogP contribution is 2.22. The van der Waals surface area contributed by atoms with Crippen LogP contribution in [0.5, 0.6) is 0 Å². The van der Waals surface area contributed by atoms with Crippen molar-refractivity contribution in [3.05, 3.63) is 41.3 Å². The molecule has 1 aromatic carbocycles. The molecule has 1 unspecified atom stereocenters. The average molecular weight is 251 g/mol. The number of halogens is 1. The number of rotatable bonds is 2. The van der Waals surface area contributed by atoms with Crippen molar-refractivity contribution >= 4 is 20.6 Å². The van der Waals surface area contributed by atoms with Crippen molar-refractivity contribution in [2.24, 2.45) is 0 Å². The summed E-state index contributed by atoms with van der Waals surface area (Å²) in [4.78, 5) is 11.2. The molecule has 0 saturated carbocycles. The van der Waals surface area contributed by atoms with E-state index in [9.17, 15) is 9.18 Å². The largest absolute Gasteiger partial charge is 0.383 e. The number of hydrogen-bond acceptors (Lipinski definition) is 3. The van der Waals surface area contributed by atoms with E-state index >= 15 is 0 Å². The van der Waals surface area contributed by atoms with E-state index < -0.39 is 5.82 Å². The van der Waals surface area contributed by atoms with Crippen LogP contribution < -0.4 is 5.73 Å². The molecule has 0 fully saturated rings. The van der Waals surface area contributed by atoms with Crippen LogP contribution in [0.3, 0.4) is 0 Å². The van der Waals surface area contributed by atoms with Gasteiger partial charge in [0.05, 0.1) is 11.8 Å². The zero-order chi connectivity index (χ0) is 12.6. The van der Waals surface area contributed by atoms with Gasteiger partial charge in [0.15, 0.2) is 11.3 Å². The Morgan fingerprint density at radius 2 is 2.24 bits per heavy atom. The van der Waals surface area contributed by atoms with Gasteiger partial charge in [0.2, 0.25) is 0 Å². The second-order valence-corrected chi connectivity index (χ2v) is 4.15. The van der Waals surface area contributed by atoms with Crippen LogP contribution in [0.25, 0.3) is 5.69 Å². The lowest BCUT2D eigenvalue weighted by Gasteiger charge is -2.07. The number of benzene rings is 1. The van der Waals surface area contributed by atoms with Gasteiger partial charge in [-0.2, -0.15) is 5.10 Å². The smallest absolute Gasteiger partial charge is 0.183 e. The normalized spacial score (nSPS) is 10.5. The first-order valence-electron chi connectivity index (χ1n) is 4.91. The van der Waals surface area contributed by atoms with Crippen LogP contribution in [-0.2, 0) is 0 Å². The third-order valence-corrected chi connectivity index (χ3v) is 2.78. The van der Waals surface area contributed by atoms with Gasteiger partial charge in [-0.25, -0.2) is 9.07 Å². The first-order chi connectivity index (χ1) is 8.02. The number of anilines is 1. The Morgan fingerprint density at radius 3 is 2.82 bits per heavy atom. The quantitative estimate of drug-likeness (QED) is 0.829. The maximum Gasteiger partial charge on any atom is 0.183 e. The van der Waals surface area contributed by atoms with Crippen LogP contribution in [0, 0.1) is 12.7 Å². The van der Waals surface area contributed by atoms with Gasteiger partial charge in [-0.3, -0.25) is 4.79 Å². The Hall–Kier alpha value is -1.74. The van der Waals surface area contributed by atoms with Gasteiger partial charge in [-0.05, 0) is 18.6 Å². The summed E-state index contributed by atoms with van der Waals surface area (Å²) in [6, 6.07) is 4.92. The lowest BCUT2D eigenvalue weighted by molar-refractivity contribution is 0.108. The monoisotopic (exact) mass is 251 g/mol. The van der Waals surface area contributed by atoms with Crippen molar-refractivity contribution in [3.8, 4) is 5.69 Å². The summed E-state index contributed by atoms with van der Waals surface area (Å²) in [5.74, 6) is -0.264. The molecule has 88 valence electrons. The standard InChI is InChI=1S/C11H11FN3OP/c1-6-3-2-4-8(9(6)12)15-10(13)7(5-14-15)11(16)17/h2-5H,13,17H2,1H3. The van der Waals surface area contributed by atoms with Gasteiger partial charge in [0.1, 0.15) is 11.5 Å². The van der Waals surface area contributed by atoms with Gasteiger partial charge in [0, 0.05) is 0 Å². The summed E-state index contributed by atoms with van der Waals surface area (Å²) in [7, 11) is 2.01. The molecule has 17 heavy (non-hydrogen) atoms. The SMILES string of the molecule is Cc1cccc(-n2ncc(C(=O)P)c2N)c1F. The molecule has 0 aliphatic carbocycles. The fourth-order valence-electron chi connectivity index (χ4n) is 1.54. The highest BCUT2D eigenvalue weighted by molar-refractivity contribution is 7.41. The zero-order valence-corrected chi connectivity index (χ0v) is 10.3. The average Bonchev–Trinajstić information content (AvgIpc) is 2.64. The van der Waals surface area contributed by atoms with E-state index in [2.05, 4.69) is 5.10 Å². The Morgan fingerprint density at radius 1 is 1.53 bits per heavy atom. The predicted octanol–water partition coefficient (Wildman–Crippen LogP) is 1.92. The Balaban J connectivity index is 2.62. The molecule has 0 saturated heterocycles. The minimum Gasteiger partial charge on any atom is -0.383 e. The van der Waals surface area contributed by atoms with Gasteiger partial charge in [0.25, 0.3) is 0 Å². The lowest BCUT2D eigenvalue weighted by Crippen LogP contribution is -2.06. The molecule has 0 aliphatic rings. The van der Waals surface area contributed by atoms with E-state index in [0.717, 1.165) is 0 Å². The van der Waals surface area contributed by atoms with Gasteiger partial charge in [-0.15, -0.1) is 0 Å². The highest BCUT2D eigenvalue weighted by atomic mass is 31.0. The number of aryl methyl sites for hydroxylation is 1. The van der Waals surface area contributed by atoms with Crippen LogP contribution in [0.1, 0.15) is 15.9 Å². The first kappa shape index (κ1) is 11.7. The van der Waals surface area contributed by atoms with Crippen LogP contribution in [0.4, 0.5) is 10.2 Å². The van der Waals surface area contributed by atoms with Crippen molar-refractivity contribution in [2.75, 3.05) is 5.73 Å². The number of carbonyl (C=O) groups excluding carboxylic acids is 1. The molecular weight excluding hydrogens is 240 g/mol. The third kappa shape index (κ3) is 1.94. The molecule has 0 radical (unpaired) electrons. The van der Waals surface area contributed by atoms with E-state index in [1.807, 2.05) is 9.24 Å². The number of nitrogen functional groups attached to an aromatic ring is 1. The Labute approximate surface area is 99.8 Å². The maximum atomic E-state index is 13.9. The predicted molar refractivity (Wildman–Crippen MR) is 66.7 cm³/mol. The number of aromatic nitrogens is 2. The minimum absolute atomic E-state index is 0.134. The van der Waals surface area contributed by atoms with Crippen molar-refractivity contribution in [1.29, 1.82) is 0 Å². The number of hydrogen-bond donors (Lipinski definition) is 1. The molecule has 2 aromatic rings. The Kier molecular flexibility index (Phi) is 2.94. The molecule has 1 aromatic heterocycles. The molecule has 0 aliphatic heterocycles. The number of nitrogens with two attached hydrogens (primary N) is 1. The molecular formula is C11H11FN3OP. The van der Waals surface area contributed by atoms with E-state index in [-0.39, 0.29) is 22.6 Å². The molecule has 1 heterocycles. The van der Waals surface area contributed by atoms with Gasteiger partial charge >= 0.3 is 0 Å². The molecule has 2 rings (SSSR count). The maximum absolute atomic E-state index is 13.9. The summed E-state index contributed by atoms with van der Waals surface area (Å²) >= 11 is 0. The van der Waals surface area contributed by atoms with E-state index in [4.69, 9.17) is 5.73 Å². The third-order valence-electron chi connectivity index (χ3n) is 2.47. The summed E-state index contributed by atoms with van der Waals surface area (Å²) in [5.41, 5.74) is 6.47. The van der Waals surface area contributed by atoms with Gasteiger partial charge in [-0.1, -0.05) is 21.4 Å². The molecule has 0 bridgehead atoms. The molecule has 4 nitrogen and oxygen atoms in total. The van der Waals surface area contributed by atoms with Crippen molar-refractivity contribution in [2.45, 2.75) is 6.92 Å². The van der Waals surface area contributed by atoms with Crippen LogP contribution in [-0.4, -0.2) is 15.3 Å². The first-order valence-corrected chi connectivity index (χ1v) is 5.49. The number of carbonyl (C=O) groups is 1. The van der Waals surface area contributed by atoms with Crippen molar-refractivity contribution in [3.63, 3.8) is 0 Å². The summed E-state index contributed by atoms with van der Waals surface area (Å²) < 4.78 is 15.1. The van der Waals surface area contributed by atoms with E-state index in [1.54, 1.807) is 25.1 Å². The fourth-order valence-corrected chi connectivity index (χ4v) is 1.76. The minimum atomic E-state index is -0.398. The Bertz CT molecular complexity index is 594. The topological polar surface area (TPSA) is 60.9 Å². The second-order valence-electron chi connectivity index (χ2n) is 3.63.